The highest BCUT2D eigenvalue weighted by molar-refractivity contribution is 5.96. The quantitative estimate of drug-likeness (QED) is 0.583. The third kappa shape index (κ3) is 4.93. The highest BCUT2D eigenvalue weighted by Crippen LogP contribution is 1.98. The molecule has 0 fully saturated rings. The minimum atomic E-state index is -0.418. The van der Waals surface area contributed by atoms with E-state index in [1.165, 1.54) is 6.92 Å². The molecular weight excluding hydrogens is 194 g/mol. The summed E-state index contributed by atoms with van der Waals surface area (Å²) < 4.78 is 0. The van der Waals surface area contributed by atoms with Gasteiger partial charge in [0.05, 0.1) is 13.0 Å². The average molecular weight is 207 g/mol. The fourth-order valence-corrected chi connectivity index (χ4v) is 1.04. The second-order valence-electron chi connectivity index (χ2n) is 3.18. The van der Waals surface area contributed by atoms with E-state index >= 15 is 0 Å². The lowest BCUT2D eigenvalue weighted by molar-refractivity contribution is -0.137. The van der Waals surface area contributed by atoms with Crippen LogP contribution >= 0.6 is 0 Å². The monoisotopic (exact) mass is 207 g/mol. The molecule has 80 valence electrons. The number of ketones is 1. The largest absolute Gasteiger partial charge is 0.299 e. The summed E-state index contributed by atoms with van der Waals surface area (Å²) in [5.41, 5.74) is 3.16. The first-order valence-corrected chi connectivity index (χ1v) is 4.62. The van der Waals surface area contributed by atoms with Crippen LogP contribution in [0.3, 0.4) is 0 Å². The van der Waals surface area contributed by atoms with E-state index in [1.54, 1.807) is 0 Å². The summed E-state index contributed by atoms with van der Waals surface area (Å²) in [5.74, 6) is -0.603. The van der Waals surface area contributed by atoms with Crippen LogP contribution in [0.25, 0.3) is 0 Å². The molecule has 1 aromatic carbocycles. The molecule has 1 amide bonds. The van der Waals surface area contributed by atoms with Crippen molar-refractivity contribution in [1.29, 1.82) is 0 Å². The lowest BCUT2D eigenvalue weighted by Crippen LogP contribution is -2.25. The molecular formula is C11H13NO3. The van der Waals surface area contributed by atoms with E-state index in [-0.39, 0.29) is 12.2 Å². The van der Waals surface area contributed by atoms with Crippen molar-refractivity contribution in [2.24, 2.45) is 0 Å². The van der Waals surface area contributed by atoms with Gasteiger partial charge in [0.1, 0.15) is 5.78 Å². The highest BCUT2D eigenvalue weighted by Gasteiger charge is 2.03. The number of rotatable bonds is 5. The molecule has 0 saturated heterocycles. The maximum atomic E-state index is 11.0. The SMILES string of the molecule is CC(=O)CC(=O)NOCc1ccccc1. The zero-order valence-corrected chi connectivity index (χ0v) is 8.53. The van der Waals surface area contributed by atoms with Gasteiger partial charge in [0.2, 0.25) is 0 Å². The van der Waals surface area contributed by atoms with Crippen LogP contribution in [-0.2, 0) is 21.0 Å². The number of carbonyl (C=O) groups excluding carboxylic acids is 2. The van der Waals surface area contributed by atoms with Crippen molar-refractivity contribution < 1.29 is 14.4 Å². The molecule has 1 rings (SSSR count). The lowest BCUT2D eigenvalue weighted by atomic mass is 10.2. The van der Waals surface area contributed by atoms with E-state index in [4.69, 9.17) is 4.84 Å². The summed E-state index contributed by atoms with van der Waals surface area (Å²) in [7, 11) is 0. The van der Waals surface area contributed by atoms with Crippen molar-refractivity contribution in [3.8, 4) is 0 Å². The first-order valence-electron chi connectivity index (χ1n) is 4.62. The van der Waals surface area contributed by atoms with E-state index in [1.807, 2.05) is 30.3 Å². The maximum absolute atomic E-state index is 11.0. The summed E-state index contributed by atoms with van der Waals surface area (Å²) in [6, 6.07) is 9.44. The van der Waals surface area contributed by atoms with Crippen LogP contribution in [0.5, 0.6) is 0 Å². The van der Waals surface area contributed by atoms with Crippen molar-refractivity contribution in [1.82, 2.24) is 5.48 Å². The maximum Gasteiger partial charge on any atom is 0.250 e. The second kappa shape index (κ2) is 5.93. The van der Waals surface area contributed by atoms with Crippen LogP contribution in [-0.4, -0.2) is 11.7 Å². The molecule has 0 heterocycles. The summed E-state index contributed by atoms with van der Waals surface area (Å²) in [5, 5.41) is 0. The smallest absolute Gasteiger partial charge is 0.250 e. The lowest BCUT2D eigenvalue weighted by Gasteiger charge is -2.04. The number of carbonyl (C=O) groups is 2. The third-order valence-corrected chi connectivity index (χ3v) is 1.68. The highest BCUT2D eigenvalue weighted by atomic mass is 16.6. The number of hydrogen-bond acceptors (Lipinski definition) is 3. The Bertz CT molecular complexity index is 335. The molecule has 0 atom stereocenters. The van der Waals surface area contributed by atoms with Crippen molar-refractivity contribution in [2.75, 3.05) is 0 Å². The number of hydroxylamine groups is 1. The molecule has 0 aliphatic rings. The van der Waals surface area contributed by atoms with E-state index < -0.39 is 5.91 Å². The molecule has 1 aromatic rings. The van der Waals surface area contributed by atoms with Gasteiger partial charge in [0, 0.05) is 0 Å². The zero-order chi connectivity index (χ0) is 11.1. The molecule has 4 heteroatoms. The molecule has 4 nitrogen and oxygen atoms in total. The Balaban J connectivity index is 2.22. The Morgan fingerprint density at radius 1 is 1.27 bits per heavy atom. The molecule has 0 radical (unpaired) electrons. The van der Waals surface area contributed by atoms with Gasteiger partial charge in [-0.25, -0.2) is 5.48 Å². The van der Waals surface area contributed by atoms with Crippen LogP contribution in [0.4, 0.5) is 0 Å². The van der Waals surface area contributed by atoms with Gasteiger partial charge in [-0.3, -0.25) is 14.4 Å². The minimum absolute atomic E-state index is 0.144. The number of nitrogens with one attached hydrogen (secondary N) is 1. The van der Waals surface area contributed by atoms with E-state index in [2.05, 4.69) is 5.48 Å². The molecule has 15 heavy (non-hydrogen) atoms. The first-order chi connectivity index (χ1) is 7.18. The van der Waals surface area contributed by atoms with Gasteiger partial charge in [-0.2, -0.15) is 0 Å². The standard InChI is InChI=1S/C11H13NO3/c1-9(13)7-11(14)12-15-8-10-5-3-2-4-6-10/h2-6H,7-8H2,1H3,(H,12,14). The Morgan fingerprint density at radius 2 is 1.93 bits per heavy atom. The summed E-state index contributed by atoms with van der Waals surface area (Å²) in [6.45, 7) is 1.65. The summed E-state index contributed by atoms with van der Waals surface area (Å²) in [6.07, 6.45) is -0.144. The first kappa shape index (κ1) is 11.4. The van der Waals surface area contributed by atoms with Crippen LogP contribution < -0.4 is 5.48 Å². The predicted molar refractivity (Wildman–Crippen MR) is 54.7 cm³/mol. The van der Waals surface area contributed by atoms with Crippen molar-refractivity contribution >= 4 is 11.7 Å². The third-order valence-electron chi connectivity index (χ3n) is 1.68. The van der Waals surface area contributed by atoms with Crippen molar-refractivity contribution in [3.63, 3.8) is 0 Å². The Labute approximate surface area is 88.2 Å². The average Bonchev–Trinajstić information content (AvgIpc) is 2.18. The van der Waals surface area contributed by atoms with E-state index in [9.17, 15) is 9.59 Å². The topological polar surface area (TPSA) is 55.4 Å². The molecule has 0 saturated carbocycles. The molecule has 0 aromatic heterocycles. The zero-order valence-electron chi connectivity index (χ0n) is 8.53. The van der Waals surface area contributed by atoms with Crippen molar-refractivity contribution in [2.45, 2.75) is 20.0 Å². The van der Waals surface area contributed by atoms with Gasteiger partial charge >= 0.3 is 0 Å². The molecule has 0 aliphatic heterocycles. The van der Waals surface area contributed by atoms with Gasteiger partial charge < -0.3 is 0 Å². The van der Waals surface area contributed by atoms with Gasteiger partial charge in [-0.05, 0) is 12.5 Å². The fourth-order valence-electron chi connectivity index (χ4n) is 1.04. The normalized spacial score (nSPS) is 9.67. The minimum Gasteiger partial charge on any atom is -0.299 e. The van der Waals surface area contributed by atoms with Gasteiger partial charge in [-0.1, -0.05) is 30.3 Å². The number of hydrogen-bond donors (Lipinski definition) is 1. The molecule has 0 aliphatic carbocycles. The van der Waals surface area contributed by atoms with Crippen LogP contribution in [0.2, 0.25) is 0 Å². The Morgan fingerprint density at radius 3 is 2.53 bits per heavy atom. The summed E-state index contributed by atoms with van der Waals surface area (Å²) in [4.78, 5) is 26.5. The number of Topliss-reactive ketones (excluding diaryl/α,β-unsaturated/α-hetero) is 1. The van der Waals surface area contributed by atoms with Crippen molar-refractivity contribution in [3.05, 3.63) is 35.9 Å². The van der Waals surface area contributed by atoms with Gasteiger partial charge in [0.25, 0.3) is 5.91 Å². The van der Waals surface area contributed by atoms with Gasteiger partial charge in [-0.15, -0.1) is 0 Å². The van der Waals surface area contributed by atoms with Crippen LogP contribution in [0, 0.1) is 0 Å². The molecule has 1 N–H and O–H groups in total. The molecule has 0 spiro atoms. The second-order valence-corrected chi connectivity index (χ2v) is 3.18. The number of amides is 1. The van der Waals surface area contributed by atoms with E-state index in [0.717, 1.165) is 5.56 Å². The summed E-state index contributed by atoms with van der Waals surface area (Å²) >= 11 is 0. The fraction of sp³-hybridized carbons (Fsp3) is 0.273. The van der Waals surface area contributed by atoms with Crippen LogP contribution in [0.1, 0.15) is 18.9 Å². The molecule has 0 unspecified atom stereocenters. The predicted octanol–water partition coefficient (Wildman–Crippen LogP) is 1.21. The van der Waals surface area contributed by atoms with E-state index in [0.29, 0.717) is 6.61 Å². The Kier molecular flexibility index (Phi) is 4.50. The Hall–Kier alpha value is -1.68. The number of benzene rings is 1. The molecule has 0 bridgehead atoms. The van der Waals surface area contributed by atoms with Crippen LogP contribution in [0.15, 0.2) is 30.3 Å². The van der Waals surface area contributed by atoms with Gasteiger partial charge in [0.15, 0.2) is 0 Å².